The van der Waals surface area contributed by atoms with Crippen LogP contribution in [0, 0.1) is 6.92 Å². The van der Waals surface area contributed by atoms with Gasteiger partial charge in [-0.2, -0.15) is 0 Å². The van der Waals surface area contributed by atoms with E-state index < -0.39 is 0 Å². The third-order valence-electron chi connectivity index (χ3n) is 6.54. The lowest BCUT2D eigenvalue weighted by Gasteiger charge is -2.24. The van der Waals surface area contributed by atoms with Crippen molar-refractivity contribution in [3.05, 3.63) is 65.1 Å². The van der Waals surface area contributed by atoms with E-state index in [0.717, 1.165) is 39.0 Å². The average molecular weight is 596 g/mol. The molecule has 0 spiro atoms. The van der Waals surface area contributed by atoms with Gasteiger partial charge in [0.05, 0.1) is 48.0 Å². The fourth-order valence-electron chi connectivity index (χ4n) is 4.35. The zero-order chi connectivity index (χ0) is 30.1. The number of hydrazine groups is 2. The maximum Gasteiger partial charge on any atom is 0.255 e. The van der Waals surface area contributed by atoms with Gasteiger partial charge < -0.3 is 19.3 Å². The first-order valence-electron chi connectivity index (χ1n) is 13.4. The number of carbonyl (C=O) groups is 1. The minimum Gasteiger partial charge on any atom is -0.492 e. The van der Waals surface area contributed by atoms with Gasteiger partial charge in [0.1, 0.15) is 0 Å². The molecule has 1 aliphatic rings. The molecule has 0 bridgehead atoms. The fourth-order valence-corrected chi connectivity index (χ4v) is 5.61. The number of carbonyl (C=O) groups excluding carboxylic acids is 1. The fraction of sp³-hybridized carbons (Fsp3) is 0.400. The van der Waals surface area contributed by atoms with Crippen molar-refractivity contribution < 1.29 is 9.53 Å². The number of aromatic nitrogens is 2. The molecule has 220 valence electrons. The van der Waals surface area contributed by atoms with Crippen LogP contribution in [0.2, 0.25) is 0 Å². The average Bonchev–Trinajstić information content (AvgIpc) is 3.50. The number of benzene rings is 2. The van der Waals surface area contributed by atoms with Crippen LogP contribution in [0.1, 0.15) is 68.7 Å². The highest BCUT2D eigenvalue weighted by Gasteiger charge is 2.24. The van der Waals surface area contributed by atoms with E-state index in [9.17, 15) is 4.79 Å². The highest BCUT2D eigenvalue weighted by molar-refractivity contribution is 8.00. The number of anilines is 3. The van der Waals surface area contributed by atoms with Crippen molar-refractivity contribution in [2.75, 3.05) is 28.4 Å². The summed E-state index contributed by atoms with van der Waals surface area (Å²) in [5, 5.41) is 5.92. The SMILES string of the molecule is COc1c(NSC)cc(C(C)(C)C)cc1NC(=O)c1ccc(C)c(N2C=C(c3cnc(SC(C)(C)C)n3C)NN2)c1. The van der Waals surface area contributed by atoms with Gasteiger partial charge in [-0.15, -0.1) is 5.53 Å². The van der Waals surface area contributed by atoms with Crippen LogP contribution in [-0.2, 0) is 12.5 Å². The summed E-state index contributed by atoms with van der Waals surface area (Å²) in [7, 11) is 3.63. The maximum absolute atomic E-state index is 13.6. The van der Waals surface area contributed by atoms with Gasteiger partial charge in [0.25, 0.3) is 5.91 Å². The Bertz CT molecular complexity index is 1470. The van der Waals surface area contributed by atoms with E-state index in [1.54, 1.807) is 18.9 Å². The number of nitrogens with one attached hydrogen (secondary N) is 4. The minimum absolute atomic E-state index is 0.0569. The summed E-state index contributed by atoms with van der Waals surface area (Å²) in [6.45, 7) is 15.0. The van der Waals surface area contributed by atoms with Gasteiger partial charge in [-0.05, 0) is 47.7 Å². The van der Waals surface area contributed by atoms with Gasteiger partial charge in [-0.3, -0.25) is 15.2 Å². The highest BCUT2D eigenvalue weighted by Crippen LogP contribution is 2.40. The number of nitrogens with zero attached hydrogens (tertiary/aromatic N) is 3. The van der Waals surface area contributed by atoms with Crippen molar-refractivity contribution in [2.45, 2.75) is 63.8 Å². The number of ether oxygens (including phenoxy) is 1. The Morgan fingerprint density at radius 3 is 2.41 bits per heavy atom. The van der Waals surface area contributed by atoms with Gasteiger partial charge in [-0.25, -0.2) is 4.98 Å². The largest absolute Gasteiger partial charge is 0.492 e. The predicted molar refractivity (Wildman–Crippen MR) is 174 cm³/mol. The summed E-state index contributed by atoms with van der Waals surface area (Å²) >= 11 is 3.20. The molecule has 0 radical (unpaired) electrons. The molecule has 3 aromatic rings. The second kappa shape index (κ2) is 11.9. The van der Waals surface area contributed by atoms with E-state index in [1.807, 2.05) is 61.9 Å². The second-order valence-electron chi connectivity index (χ2n) is 12.0. The molecule has 0 aliphatic carbocycles. The molecular formula is C30H41N7O2S2. The molecule has 0 unspecified atom stereocenters. The molecule has 2 aromatic carbocycles. The summed E-state index contributed by atoms with van der Waals surface area (Å²) in [6.07, 6.45) is 5.80. The number of hydrogen-bond donors (Lipinski definition) is 4. The standard InChI is InChI=1S/C30H41N7O2S2/c1-18-11-12-19(27(38)32-21-14-20(29(2,3)4)15-22(34-40-10)26(21)39-9)13-24(18)37-17-23(33-35-37)25-16-31-28(36(25)8)41-30(5,6)7/h11-17,33-35H,1-10H3,(H,32,38). The van der Waals surface area contributed by atoms with Crippen molar-refractivity contribution in [1.29, 1.82) is 0 Å². The number of thioether (sulfide) groups is 1. The van der Waals surface area contributed by atoms with Gasteiger partial charge in [-0.1, -0.05) is 71.3 Å². The molecule has 0 saturated carbocycles. The van der Waals surface area contributed by atoms with E-state index in [1.165, 1.54) is 11.9 Å². The Morgan fingerprint density at radius 2 is 1.78 bits per heavy atom. The Hall–Kier alpha value is -3.28. The van der Waals surface area contributed by atoms with Crippen LogP contribution in [0.4, 0.5) is 17.1 Å². The van der Waals surface area contributed by atoms with Gasteiger partial charge in [0.2, 0.25) is 0 Å². The monoisotopic (exact) mass is 595 g/mol. The lowest BCUT2D eigenvalue weighted by Crippen LogP contribution is -2.36. The van der Waals surface area contributed by atoms with Crippen LogP contribution in [0.25, 0.3) is 5.70 Å². The lowest BCUT2D eigenvalue weighted by molar-refractivity contribution is 0.102. The Balaban J connectivity index is 1.62. The zero-order valence-corrected chi connectivity index (χ0v) is 27.1. The van der Waals surface area contributed by atoms with E-state index in [2.05, 4.69) is 78.2 Å². The third-order valence-corrected chi connectivity index (χ3v) is 8.14. The maximum atomic E-state index is 13.6. The molecule has 9 nitrogen and oxygen atoms in total. The first-order chi connectivity index (χ1) is 19.2. The van der Waals surface area contributed by atoms with Crippen LogP contribution >= 0.6 is 23.7 Å². The highest BCUT2D eigenvalue weighted by atomic mass is 32.2. The van der Waals surface area contributed by atoms with Crippen molar-refractivity contribution in [1.82, 2.24) is 20.5 Å². The normalized spacial score (nSPS) is 13.6. The summed E-state index contributed by atoms with van der Waals surface area (Å²) in [5.41, 5.74) is 13.1. The molecule has 41 heavy (non-hydrogen) atoms. The van der Waals surface area contributed by atoms with Crippen LogP contribution in [0.3, 0.4) is 0 Å². The number of hydrogen-bond acceptors (Lipinski definition) is 9. The smallest absolute Gasteiger partial charge is 0.255 e. The van der Waals surface area contributed by atoms with Crippen molar-refractivity contribution >= 4 is 52.4 Å². The Kier molecular flexibility index (Phi) is 8.91. The molecule has 1 aromatic heterocycles. The molecule has 4 N–H and O–H groups in total. The number of rotatable bonds is 8. The van der Waals surface area contributed by atoms with Crippen molar-refractivity contribution in [2.24, 2.45) is 7.05 Å². The molecular weight excluding hydrogens is 555 g/mol. The first-order valence-corrected chi connectivity index (χ1v) is 15.4. The molecule has 0 saturated heterocycles. The number of methoxy groups -OCH3 is 1. The second-order valence-corrected chi connectivity index (χ2v) is 14.4. The first kappa shape index (κ1) is 30.7. The molecule has 2 heterocycles. The van der Waals surface area contributed by atoms with Crippen LogP contribution in [-0.4, -0.2) is 33.6 Å². The topological polar surface area (TPSA) is 95.5 Å². The van der Waals surface area contributed by atoms with Crippen LogP contribution in [0.5, 0.6) is 5.75 Å². The molecule has 1 amide bonds. The van der Waals surface area contributed by atoms with E-state index in [-0.39, 0.29) is 16.1 Å². The molecule has 11 heteroatoms. The van der Waals surface area contributed by atoms with Gasteiger partial charge >= 0.3 is 0 Å². The van der Waals surface area contributed by atoms with E-state index >= 15 is 0 Å². The number of aryl methyl sites for hydroxylation is 1. The summed E-state index contributed by atoms with van der Waals surface area (Å²) in [5.74, 6) is 0.365. The quantitative estimate of drug-likeness (QED) is 0.168. The zero-order valence-electron chi connectivity index (χ0n) is 25.5. The van der Waals surface area contributed by atoms with Crippen molar-refractivity contribution in [3.63, 3.8) is 0 Å². The predicted octanol–water partition coefficient (Wildman–Crippen LogP) is 6.70. The number of amides is 1. The summed E-state index contributed by atoms with van der Waals surface area (Å²) in [4.78, 5) is 18.2. The number of imidazole rings is 1. The van der Waals surface area contributed by atoms with E-state index in [0.29, 0.717) is 17.0 Å². The van der Waals surface area contributed by atoms with E-state index in [4.69, 9.17) is 4.74 Å². The van der Waals surface area contributed by atoms with Gasteiger partial charge in [0.15, 0.2) is 10.9 Å². The van der Waals surface area contributed by atoms with Crippen LogP contribution < -0.4 is 30.7 Å². The molecule has 4 rings (SSSR count). The minimum atomic E-state index is -0.224. The lowest BCUT2D eigenvalue weighted by atomic mass is 9.86. The third kappa shape index (κ3) is 6.97. The Labute approximate surface area is 252 Å². The molecule has 0 atom stereocenters. The molecule has 0 fully saturated rings. The molecule has 1 aliphatic heterocycles. The van der Waals surface area contributed by atoms with Crippen molar-refractivity contribution in [3.8, 4) is 5.75 Å². The van der Waals surface area contributed by atoms with Crippen LogP contribution in [0.15, 0.2) is 47.9 Å². The Morgan fingerprint density at radius 1 is 1.07 bits per heavy atom. The summed E-state index contributed by atoms with van der Waals surface area (Å²) < 4.78 is 11.1. The summed E-state index contributed by atoms with van der Waals surface area (Å²) in [6, 6.07) is 9.71. The van der Waals surface area contributed by atoms with Gasteiger partial charge in [0, 0.05) is 23.6 Å².